The Kier molecular flexibility index (Phi) is 4.12. The summed E-state index contributed by atoms with van der Waals surface area (Å²) >= 11 is 0. The van der Waals surface area contributed by atoms with Gasteiger partial charge in [0.1, 0.15) is 5.78 Å². The van der Waals surface area contributed by atoms with Crippen molar-refractivity contribution in [1.82, 2.24) is 0 Å². The van der Waals surface area contributed by atoms with Gasteiger partial charge in [0.2, 0.25) is 0 Å². The van der Waals surface area contributed by atoms with Gasteiger partial charge in [-0.3, -0.25) is 9.59 Å². The van der Waals surface area contributed by atoms with Gasteiger partial charge in [-0.05, 0) is 48.8 Å². The highest BCUT2D eigenvalue weighted by molar-refractivity contribution is 5.95. The maximum Gasteiger partial charge on any atom is 0.156 e. The van der Waals surface area contributed by atoms with Gasteiger partial charge in [0.05, 0.1) is 6.61 Å². The predicted molar refractivity (Wildman–Crippen MR) is 69.2 cm³/mol. The fourth-order valence-electron chi connectivity index (χ4n) is 2.93. The minimum absolute atomic E-state index is 0.147. The van der Waals surface area contributed by atoms with E-state index in [1.54, 1.807) is 14.0 Å². The number of hydrogen-bond acceptors (Lipinski definition) is 3. The second-order valence-electron chi connectivity index (χ2n) is 5.20. The average molecular weight is 248 g/mol. The van der Waals surface area contributed by atoms with Crippen LogP contribution in [0, 0.1) is 5.92 Å². The molecule has 3 heteroatoms. The molecule has 2 aliphatic rings. The van der Waals surface area contributed by atoms with Gasteiger partial charge in [-0.2, -0.15) is 0 Å². The summed E-state index contributed by atoms with van der Waals surface area (Å²) in [5.74, 6) is 0.709. The van der Waals surface area contributed by atoms with Crippen LogP contribution in [0.15, 0.2) is 22.8 Å². The molecule has 0 fully saturated rings. The van der Waals surface area contributed by atoms with Crippen molar-refractivity contribution in [2.24, 2.45) is 5.92 Å². The summed E-state index contributed by atoms with van der Waals surface area (Å²) in [5, 5.41) is 0. The van der Waals surface area contributed by atoms with E-state index in [1.807, 2.05) is 0 Å². The van der Waals surface area contributed by atoms with E-state index < -0.39 is 0 Å². The second kappa shape index (κ2) is 5.61. The molecule has 18 heavy (non-hydrogen) atoms. The first-order chi connectivity index (χ1) is 8.61. The first-order valence-corrected chi connectivity index (χ1v) is 6.56. The highest BCUT2D eigenvalue weighted by Crippen LogP contribution is 2.38. The third-order valence-electron chi connectivity index (χ3n) is 3.84. The van der Waals surface area contributed by atoms with Gasteiger partial charge in [0.25, 0.3) is 0 Å². The molecule has 0 aromatic rings. The number of carbonyl (C=O) groups excluding carboxylic acids is 2. The summed E-state index contributed by atoms with van der Waals surface area (Å²) in [5.41, 5.74) is 3.15. The van der Waals surface area contributed by atoms with Gasteiger partial charge in [-0.1, -0.05) is 6.08 Å². The topological polar surface area (TPSA) is 43.4 Å². The number of Topliss-reactive ketones (excluding diaryl/α,β-unsaturated/α-hetero) is 2. The van der Waals surface area contributed by atoms with Gasteiger partial charge < -0.3 is 4.74 Å². The van der Waals surface area contributed by atoms with Crippen molar-refractivity contribution < 1.29 is 14.3 Å². The molecule has 0 saturated carbocycles. The monoisotopic (exact) mass is 248 g/mol. The summed E-state index contributed by atoms with van der Waals surface area (Å²) in [6.45, 7) is 2.17. The van der Waals surface area contributed by atoms with Crippen molar-refractivity contribution in [1.29, 1.82) is 0 Å². The molecule has 0 aromatic carbocycles. The Hall–Kier alpha value is -1.22. The van der Waals surface area contributed by atoms with E-state index in [0.29, 0.717) is 25.2 Å². The van der Waals surface area contributed by atoms with Crippen LogP contribution in [0.25, 0.3) is 0 Å². The van der Waals surface area contributed by atoms with Gasteiger partial charge >= 0.3 is 0 Å². The number of fused-ring (bicyclic) bond motifs is 1. The van der Waals surface area contributed by atoms with Crippen LogP contribution in [-0.4, -0.2) is 25.3 Å². The van der Waals surface area contributed by atoms with E-state index in [1.165, 1.54) is 0 Å². The zero-order valence-electron chi connectivity index (χ0n) is 11.1. The molecular weight excluding hydrogens is 228 g/mol. The van der Waals surface area contributed by atoms with E-state index in [-0.39, 0.29) is 11.7 Å². The zero-order chi connectivity index (χ0) is 13.1. The van der Waals surface area contributed by atoms with Crippen LogP contribution in [0.1, 0.15) is 39.0 Å². The molecule has 1 atom stereocenters. The van der Waals surface area contributed by atoms with Crippen molar-refractivity contribution in [3.05, 3.63) is 22.8 Å². The minimum atomic E-state index is 0.147. The standard InChI is InChI=1S/C15H20O3/c1-10(16)14-6-4-12-8-13(17)5-3-11(9-18-2)7-15(12)14/h7,12H,3-6,8-9H2,1-2H3/b11-7+/t12-/m0/s1. The summed E-state index contributed by atoms with van der Waals surface area (Å²) in [6.07, 6.45) is 5.84. The molecule has 0 unspecified atom stereocenters. The largest absolute Gasteiger partial charge is 0.380 e. The zero-order valence-corrected chi connectivity index (χ0v) is 11.1. The highest BCUT2D eigenvalue weighted by atomic mass is 16.5. The van der Waals surface area contributed by atoms with Crippen LogP contribution < -0.4 is 0 Å². The first-order valence-electron chi connectivity index (χ1n) is 6.56. The Morgan fingerprint density at radius 2 is 2.17 bits per heavy atom. The van der Waals surface area contributed by atoms with Crippen molar-refractivity contribution >= 4 is 11.6 Å². The SMILES string of the molecule is COC/C1=C/C2=C(C(C)=O)CC[C@H]2CC(=O)CC1. The molecule has 0 aromatic heterocycles. The molecule has 0 amide bonds. The number of methoxy groups -OCH3 is 1. The molecule has 0 radical (unpaired) electrons. The first kappa shape index (κ1) is 13.2. The maximum atomic E-state index is 11.8. The fraction of sp³-hybridized carbons (Fsp3) is 0.600. The van der Waals surface area contributed by atoms with Gasteiger partial charge in [0.15, 0.2) is 5.78 Å². The highest BCUT2D eigenvalue weighted by Gasteiger charge is 2.29. The Bertz CT molecular complexity index is 429. The lowest BCUT2D eigenvalue weighted by Gasteiger charge is -2.17. The third-order valence-corrected chi connectivity index (χ3v) is 3.84. The molecule has 0 saturated heterocycles. The average Bonchev–Trinajstić information content (AvgIpc) is 2.67. The van der Waals surface area contributed by atoms with E-state index in [2.05, 4.69) is 6.08 Å². The van der Waals surface area contributed by atoms with E-state index in [0.717, 1.165) is 36.0 Å². The van der Waals surface area contributed by atoms with Crippen LogP contribution in [0.3, 0.4) is 0 Å². The molecular formula is C15H20O3. The Balaban J connectivity index is 2.37. The Labute approximate surface area is 108 Å². The molecule has 0 aliphatic heterocycles. The Morgan fingerprint density at radius 1 is 1.39 bits per heavy atom. The molecule has 2 rings (SSSR count). The summed E-state index contributed by atoms with van der Waals surface area (Å²) in [4.78, 5) is 23.5. The lowest BCUT2D eigenvalue weighted by atomic mass is 9.88. The molecule has 2 aliphatic carbocycles. The molecule has 0 heterocycles. The van der Waals surface area contributed by atoms with Crippen LogP contribution in [0.2, 0.25) is 0 Å². The molecule has 0 spiro atoms. The lowest BCUT2D eigenvalue weighted by molar-refractivity contribution is -0.119. The van der Waals surface area contributed by atoms with Crippen molar-refractivity contribution in [3.63, 3.8) is 0 Å². The van der Waals surface area contributed by atoms with Crippen LogP contribution >= 0.6 is 0 Å². The van der Waals surface area contributed by atoms with Gasteiger partial charge in [-0.25, -0.2) is 0 Å². The van der Waals surface area contributed by atoms with E-state index in [9.17, 15) is 9.59 Å². The molecule has 3 nitrogen and oxygen atoms in total. The lowest BCUT2D eigenvalue weighted by Crippen LogP contribution is -2.13. The van der Waals surface area contributed by atoms with Crippen LogP contribution in [-0.2, 0) is 14.3 Å². The number of hydrogen-bond donors (Lipinski definition) is 0. The second-order valence-corrected chi connectivity index (χ2v) is 5.20. The molecule has 0 N–H and O–H groups in total. The quantitative estimate of drug-likeness (QED) is 0.771. The van der Waals surface area contributed by atoms with E-state index in [4.69, 9.17) is 4.74 Å². The van der Waals surface area contributed by atoms with E-state index >= 15 is 0 Å². The third kappa shape index (κ3) is 2.78. The number of rotatable bonds is 3. The van der Waals surface area contributed by atoms with Crippen LogP contribution in [0.5, 0.6) is 0 Å². The fourth-order valence-corrected chi connectivity index (χ4v) is 2.93. The smallest absolute Gasteiger partial charge is 0.156 e. The van der Waals surface area contributed by atoms with Crippen molar-refractivity contribution in [2.75, 3.05) is 13.7 Å². The minimum Gasteiger partial charge on any atom is -0.380 e. The number of carbonyl (C=O) groups is 2. The van der Waals surface area contributed by atoms with Gasteiger partial charge in [0, 0.05) is 20.0 Å². The Morgan fingerprint density at radius 3 is 2.83 bits per heavy atom. The molecule has 98 valence electrons. The summed E-state index contributed by atoms with van der Waals surface area (Å²) < 4.78 is 5.17. The summed E-state index contributed by atoms with van der Waals surface area (Å²) in [7, 11) is 1.66. The number of ether oxygens (including phenoxy) is 1. The molecule has 0 bridgehead atoms. The van der Waals surface area contributed by atoms with Crippen LogP contribution in [0.4, 0.5) is 0 Å². The van der Waals surface area contributed by atoms with Gasteiger partial charge in [-0.15, -0.1) is 0 Å². The van der Waals surface area contributed by atoms with Crippen molar-refractivity contribution in [3.8, 4) is 0 Å². The van der Waals surface area contributed by atoms with Crippen molar-refractivity contribution in [2.45, 2.75) is 39.0 Å². The maximum absolute atomic E-state index is 11.8. The number of allylic oxidation sites excluding steroid dienone is 3. The number of ketones is 2. The predicted octanol–water partition coefficient (Wildman–Crippen LogP) is 2.61. The summed E-state index contributed by atoms with van der Waals surface area (Å²) in [6, 6.07) is 0. The normalized spacial score (nSPS) is 27.3.